The molecule has 1 aliphatic rings. The van der Waals surface area contributed by atoms with E-state index in [-0.39, 0.29) is 11.4 Å². The lowest BCUT2D eigenvalue weighted by Crippen LogP contribution is -2.46. The Kier molecular flexibility index (Phi) is 8.97. The first-order chi connectivity index (χ1) is 19.1. The van der Waals surface area contributed by atoms with Crippen molar-refractivity contribution in [3.05, 3.63) is 88.5 Å². The van der Waals surface area contributed by atoms with Gasteiger partial charge < -0.3 is 14.4 Å². The Hall–Kier alpha value is -4.49. The molecule has 1 fully saturated rings. The summed E-state index contributed by atoms with van der Waals surface area (Å²) in [5, 5.41) is 15.3. The number of nitrogens with one attached hydrogen (secondary N) is 1. The number of carbonyl (C=O) groups is 1. The minimum Gasteiger partial charge on any atom is -0.457 e. The van der Waals surface area contributed by atoms with E-state index in [0.29, 0.717) is 49.1 Å². The van der Waals surface area contributed by atoms with E-state index in [0.717, 1.165) is 10.6 Å². The Morgan fingerprint density at radius 2 is 1.75 bits per heavy atom. The van der Waals surface area contributed by atoms with Crippen LogP contribution in [-0.4, -0.2) is 64.1 Å². The number of rotatable bonds is 10. The third kappa shape index (κ3) is 7.12. The van der Waals surface area contributed by atoms with Crippen LogP contribution in [0, 0.1) is 10.1 Å². The number of hydrogen-bond acceptors (Lipinski definition) is 9. The summed E-state index contributed by atoms with van der Waals surface area (Å²) in [6.45, 7) is 3.67. The Morgan fingerprint density at radius 1 is 1.10 bits per heavy atom. The summed E-state index contributed by atoms with van der Waals surface area (Å²) < 4.78 is 37.5. The number of amides is 1. The smallest absolute Gasteiger partial charge is 0.270 e. The molecule has 1 saturated heterocycles. The van der Waals surface area contributed by atoms with Gasteiger partial charge in [0.15, 0.2) is 0 Å². The molecule has 0 radical (unpaired) electrons. The molecule has 1 atom stereocenters. The van der Waals surface area contributed by atoms with Crippen LogP contribution in [-0.2, 0) is 19.6 Å². The first-order valence-corrected chi connectivity index (χ1v) is 14.2. The highest BCUT2D eigenvalue weighted by molar-refractivity contribution is 7.92. The minimum atomic E-state index is -3.86. The van der Waals surface area contributed by atoms with Crippen molar-refractivity contribution in [2.45, 2.75) is 13.0 Å². The van der Waals surface area contributed by atoms with Crippen LogP contribution in [0.3, 0.4) is 0 Å². The number of benzene rings is 3. The summed E-state index contributed by atoms with van der Waals surface area (Å²) in [4.78, 5) is 25.8. The molecule has 40 heavy (non-hydrogen) atoms. The summed E-state index contributed by atoms with van der Waals surface area (Å²) in [7, 11) is -3.86. The highest BCUT2D eigenvalue weighted by atomic mass is 32.2. The lowest BCUT2D eigenvalue weighted by molar-refractivity contribution is -0.384. The Morgan fingerprint density at radius 3 is 2.38 bits per heavy atom. The van der Waals surface area contributed by atoms with E-state index >= 15 is 0 Å². The Balaban J connectivity index is 1.50. The number of carbonyl (C=O) groups excluding carboxylic acids is 1. The normalized spacial score (nSPS) is 14.5. The number of sulfonamides is 1. The van der Waals surface area contributed by atoms with E-state index in [1.165, 1.54) is 25.3 Å². The average molecular weight is 568 g/mol. The molecule has 0 spiro atoms. The van der Waals surface area contributed by atoms with E-state index < -0.39 is 26.9 Å². The molecule has 0 saturated carbocycles. The van der Waals surface area contributed by atoms with Crippen molar-refractivity contribution in [3.8, 4) is 11.5 Å². The SMILES string of the molecule is C[C@@H](C(=O)N/N=C\c1cc([N+](=O)[O-])ccc1N1CCOCC1)N(c1ccc(Oc2ccccc2)cc1)S(C)(=O)=O. The summed E-state index contributed by atoms with van der Waals surface area (Å²) in [6.07, 6.45) is 2.31. The molecule has 0 unspecified atom stereocenters. The van der Waals surface area contributed by atoms with Crippen molar-refractivity contribution in [3.63, 3.8) is 0 Å². The van der Waals surface area contributed by atoms with E-state index in [1.54, 1.807) is 42.5 Å². The van der Waals surface area contributed by atoms with Gasteiger partial charge in [0.2, 0.25) is 10.0 Å². The molecule has 210 valence electrons. The lowest BCUT2D eigenvalue weighted by Gasteiger charge is -2.30. The summed E-state index contributed by atoms with van der Waals surface area (Å²) in [6, 6.07) is 18.7. The number of nitro benzene ring substituents is 1. The second-order valence-corrected chi connectivity index (χ2v) is 10.8. The molecule has 0 aliphatic carbocycles. The second kappa shape index (κ2) is 12.6. The average Bonchev–Trinajstić information content (AvgIpc) is 2.94. The number of non-ortho nitro benzene ring substituents is 1. The van der Waals surface area contributed by atoms with Crippen molar-refractivity contribution in [1.82, 2.24) is 5.43 Å². The summed E-state index contributed by atoms with van der Waals surface area (Å²) >= 11 is 0. The third-order valence-corrected chi connectivity index (χ3v) is 7.35. The molecule has 1 amide bonds. The molecule has 0 aromatic heterocycles. The highest BCUT2D eigenvalue weighted by Gasteiger charge is 2.29. The van der Waals surface area contributed by atoms with Gasteiger partial charge in [-0.25, -0.2) is 13.8 Å². The van der Waals surface area contributed by atoms with E-state index in [4.69, 9.17) is 9.47 Å². The van der Waals surface area contributed by atoms with Crippen LogP contribution in [0.5, 0.6) is 11.5 Å². The number of morpholine rings is 1. The first kappa shape index (κ1) is 28.5. The number of hydrazone groups is 1. The highest BCUT2D eigenvalue weighted by Crippen LogP contribution is 2.27. The van der Waals surface area contributed by atoms with Crippen LogP contribution in [0.15, 0.2) is 77.9 Å². The monoisotopic (exact) mass is 567 g/mol. The third-order valence-electron chi connectivity index (χ3n) is 6.11. The number of nitro groups is 1. The predicted molar refractivity (Wildman–Crippen MR) is 152 cm³/mol. The van der Waals surface area contributed by atoms with Crippen LogP contribution in [0.1, 0.15) is 12.5 Å². The largest absolute Gasteiger partial charge is 0.457 e. The quantitative estimate of drug-likeness (QED) is 0.223. The molecular weight excluding hydrogens is 538 g/mol. The molecule has 13 heteroatoms. The number of anilines is 2. The van der Waals surface area contributed by atoms with Crippen molar-refractivity contribution < 1.29 is 27.6 Å². The molecule has 0 bridgehead atoms. The lowest BCUT2D eigenvalue weighted by atomic mass is 10.1. The van der Waals surface area contributed by atoms with Gasteiger partial charge in [-0.15, -0.1) is 0 Å². The van der Waals surface area contributed by atoms with Gasteiger partial charge in [0.1, 0.15) is 17.5 Å². The fraction of sp³-hybridized carbons (Fsp3) is 0.259. The molecular formula is C27H29N5O7S. The molecule has 1 aliphatic heterocycles. The van der Waals surface area contributed by atoms with Gasteiger partial charge in [-0.05, 0) is 49.4 Å². The number of para-hydroxylation sites is 1. The van der Waals surface area contributed by atoms with Gasteiger partial charge in [-0.2, -0.15) is 5.10 Å². The van der Waals surface area contributed by atoms with Crippen molar-refractivity contribution >= 4 is 39.2 Å². The van der Waals surface area contributed by atoms with Gasteiger partial charge in [0, 0.05) is 36.5 Å². The Bertz CT molecular complexity index is 1470. The molecule has 1 heterocycles. The topological polar surface area (TPSA) is 144 Å². The minimum absolute atomic E-state index is 0.124. The van der Waals surface area contributed by atoms with Crippen LogP contribution in [0.4, 0.5) is 17.1 Å². The van der Waals surface area contributed by atoms with E-state index in [2.05, 4.69) is 10.5 Å². The van der Waals surface area contributed by atoms with Gasteiger partial charge in [0.25, 0.3) is 11.6 Å². The maximum Gasteiger partial charge on any atom is 0.270 e. The molecule has 12 nitrogen and oxygen atoms in total. The predicted octanol–water partition coefficient (Wildman–Crippen LogP) is 3.53. The van der Waals surface area contributed by atoms with Crippen molar-refractivity contribution in [1.29, 1.82) is 0 Å². The maximum absolute atomic E-state index is 13.0. The Labute approximate surface area is 232 Å². The fourth-order valence-corrected chi connectivity index (χ4v) is 5.38. The van der Waals surface area contributed by atoms with E-state index in [1.807, 2.05) is 23.1 Å². The van der Waals surface area contributed by atoms with Crippen LogP contribution < -0.4 is 19.4 Å². The molecule has 3 aromatic rings. The second-order valence-electron chi connectivity index (χ2n) is 8.98. The van der Waals surface area contributed by atoms with Crippen molar-refractivity contribution in [2.75, 3.05) is 41.8 Å². The maximum atomic E-state index is 13.0. The molecule has 1 N–H and O–H groups in total. The van der Waals surface area contributed by atoms with Crippen LogP contribution in [0.2, 0.25) is 0 Å². The zero-order valence-electron chi connectivity index (χ0n) is 22.0. The fourth-order valence-electron chi connectivity index (χ4n) is 4.20. The van der Waals surface area contributed by atoms with Crippen molar-refractivity contribution in [2.24, 2.45) is 5.10 Å². The molecule has 4 rings (SSSR count). The molecule has 3 aromatic carbocycles. The standard InChI is InChI=1S/C27H29N5O7S/c1-20(31(40(2,36)37)22-8-11-25(12-9-22)39-24-6-4-3-5-7-24)27(33)29-28-19-21-18-23(32(34)35)10-13-26(21)30-14-16-38-17-15-30/h3-13,18-20H,14-17H2,1-2H3,(H,29,33)/b28-19-/t20-/m0/s1. The van der Waals surface area contributed by atoms with E-state index in [9.17, 15) is 23.3 Å². The first-order valence-electron chi connectivity index (χ1n) is 12.4. The van der Waals surface area contributed by atoms with Gasteiger partial charge >= 0.3 is 0 Å². The van der Waals surface area contributed by atoms with Gasteiger partial charge in [-0.1, -0.05) is 18.2 Å². The van der Waals surface area contributed by atoms with Crippen LogP contribution >= 0.6 is 0 Å². The van der Waals surface area contributed by atoms with Gasteiger partial charge in [0.05, 0.1) is 36.3 Å². The summed E-state index contributed by atoms with van der Waals surface area (Å²) in [5.41, 5.74) is 3.64. The number of nitrogens with zero attached hydrogens (tertiary/aromatic N) is 4. The van der Waals surface area contributed by atoms with Crippen LogP contribution in [0.25, 0.3) is 0 Å². The summed E-state index contributed by atoms with van der Waals surface area (Å²) in [5.74, 6) is 0.434. The zero-order chi connectivity index (χ0) is 28.7. The number of ether oxygens (including phenoxy) is 2. The van der Waals surface area contributed by atoms with Gasteiger partial charge in [-0.3, -0.25) is 19.2 Å². The zero-order valence-corrected chi connectivity index (χ0v) is 22.8. The number of hydrogen-bond donors (Lipinski definition) is 1.